The zero-order valence-corrected chi connectivity index (χ0v) is 14.7. The summed E-state index contributed by atoms with van der Waals surface area (Å²) in [5.74, 6) is -1.22. The monoisotopic (exact) mass is 380 g/mol. The number of oxime groups is 2. The van der Waals surface area contributed by atoms with Gasteiger partial charge < -0.3 is 9.68 Å². The minimum Gasteiger partial charge on any atom is -0.312 e. The lowest BCUT2D eigenvalue weighted by Crippen LogP contribution is -2.07. The number of carbonyl (C=O) groups excluding carboxylic acids is 2. The van der Waals surface area contributed by atoms with Crippen LogP contribution in [0.3, 0.4) is 0 Å². The summed E-state index contributed by atoms with van der Waals surface area (Å²) in [6.07, 6.45) is 6.27. The normalized spacial score (nSPS) is 12.5. The van der Waals surface area contributed by atoms with Gasteiger partial charge in [-0.15, -0.1) is 0 Å². The van der Waals surface area contributed by atoms with Gasteiger partial charge in [0.15, 0.2) is 0 Å². The molecule has 2 aromatic rings. The van der Waals surface area contributed by atoms with Gasteiger partial charge in [0.25, 0.3) is 0 Å². The second-order valence-electron chi connectivity index (χ2n) is 5.30. The predicted octanol–water partition coefficient (Wildman–Crippen LogP) is 4.19. The highest BCUT2D eigenvalue weighted by Crippen LogP contribution is 2.16. The van der Waals surface area contributed by atoms with Crippen LogP contribution in [0.1, 0.15) is 20.7 Å². The number of halogens is 1. The molecule has 0 saturated carbocycles. The summed E-state index contributed by atoms with van der Waals surface area (Å²) in [4.78, 5) is 33.5. The van der Waals surface area contributed by atoms with Crippen molar-refractivity contribution in [3.63, 3.8) is 0 Å². The van der Waals surface area contributed by atoms with Crippen molar-refractivity contribution in [1.82, 2.24) is 0 Å². The molecule has 27 heavy (non-hydrogen) atoms. The summed E-state index contributed by atoms with van der Waals surface area (Å²) in [6.45, 7) is 0. The number of carbonyl (C=O) groups is 2. The van der Waals surface area contributed by atoms with Crippen LogP contribution < -0.4 is 0 Å². The van der Waals surface area contributed by atoms with Crippen molar-refractivity contribution in [3.05, 3.63) is 95.1 Å². The number of benzene rings is 2. The Morgan fingerprint density at radius 2 is 1.22 bits per heavy atom. The van der Waals surface area contributed by atoms with E-state index < -0.39 is 11.9 Å². The molecular weight excluding hydrogens is 368 g/mol. The van der Waals surface area contributed by atoms with Crippen molar-refractivity contribution in [1.29, 1.82) is 0 Å². The molecule has 0 atom stereocenters. The summed E-state index contributed by atoms with van der Waals surface area (Å²) in [6, 6.07) is 15.1. The average Bonchev–Trinajstić information content (AvgIpc) is 2.72. The minimum atomic E-state index is -0.661. The van der Waals surface area contributed by atoms with E-state index in [0.29, 0.717) is 17.0 Å². The van der Waals surface area contributed by atoms with Gasteiger partial charge in [0.1, 0.15) is 11.4 Å². The third-order valence-electron chi connectivity index (χ3n) is 3.42. The number of hydrogen-bond donors (Lipinski definition) is 0. The third kappa shape index (κ3) is 4.99. The van der Waals surface area contributed by atoms with Crippen LogP contribution in [-0.2, 0) is 9.68 Å². The molecule has 0 aliphatic heterocycles. The number of nitrogens with zero attached hydrogens (tertiary/aromatic N) is 2. The Hall–Kier alpha value is -3.51. The predicted molar refractivity (Wildman–Crippen MR) is 102 cm³/mol. The fourth-order valence-electron chi connectivity index (χ4n) is 2.07. The lowest BCUT2D eigenvalue weighted by Gasteiger charge is -2.03. The highest BCUT2D eigenvalue weighted by molar-refractivity contribution is 6.33. The minimum absolute atomic E-state index is 0.224. The molecule has 0 saturated heterocycles. The molecule has 7 heteroatoms. The molecule has 3 rings (SSSR count). The summed E-state index contributed by atoms with van der Waals surface area (Å²) in [5, 5.41) is 7.80. The Labute approximate surface area is 160 Å². The molecule has 0 fully saturated rings. The molecule has 1 aliphatic carbocycles. The first-order chi connectivity index (χ1) is 13.1. The molecule has 0 heterocycles. The second kappa shape index (κ2) is 8.73. The molecule has 0 unspecified atom stereocenters. The largest absolute Gasteiger partial charge is 0.367 e. The lowest BCUT2D eigenvalue weighted by atomic mass is 10.1. The van der Waals surface area contributed by atoms with E-state index in [0.717, 1.165) is 0 Å². The van der Waals surface area contributed by atoms with E-state index in [1.807, 2.05) is 0 Å². The van der Waals surface area contributed by atoms with Gasteiger partial charge in [0.2, 0.25) is 0 Å². The van der Waals surface area contributed by atoms with Gasteiger partial charge in [0, 0.05) is 0 Å². The third-order valence-corrected chi connectivity index (χ3v) is 3.75. The first-order valence-electron chi connectivity index (χ1n) is 7.88. The van der Waals surface area contributed by atoms with Crippen LogP contribution in [-0.4, -0.2) is 23.4 Å². The fourth-order valence-corrected chi connectivity index (χ4v) is 2.28. The first kappa shape index (κ1) is 18.3. The van der Waals surface area contributed by atoms with Crippen molar-refractivity contribution < 1.29 is 19.3 Å². The summed E-state index contributed by atoms with van der Waals surface area (Å²) < 4.78 is 0. The van der Waals surface area contributed by atoms with Crippen molar-refractivity contribution in [2.75, 3.05) is 0 Å². The van der Waals surface area contributed by atoms with Crippen LogP contribution in [0.4, 0.5) is 0 Å². The van der Waals surface area contributed by atoms with Gasteiger partial charge in [-0.2, -0.15) is 0 Å². The molecule has 6 nitrogen and oxygen atoms in total. The van der Waals surface area contributed by atoms with Crippen LogP contribution in [0.2, 0.25) is 5.02 Å². The maximum atomic E-state index is 11.9. The van der Waals surface area contributed by atoms with E-state index in [-0.39, 0.29) is 10.6 Å². The highest BCUT2D eigenvalue weighted by atomic mass is 35.5. The number of hydrogen-bond acceptors (Lipinski definition) is 6. The average molecular weight is 381 g/mol. The first-order valence-corrected chi connectivity index (χ1v) is 8.26. The quantitative estimate of drug-likeness (QED) is 0.452. The van der Waals surface area contributed by atoms with Gasteiger partial charge in [-0.25, -0.2) is 9.59 Å². The van der Waals surface area contributed by atoms with E-state index in [1.165, 1.54) is 0 Å². The Morgan fingerprint density at radius 3 is 1.81 bits per heavy atom. The van der Waals surface area contributed by atoms with E-state index in [9.17, 15) is 9.59 Å². The molecule has 0 spiro atoms. The lowest BCUT2D eigenvalue weighted by molar-refractivity contribution is 0.0508. The van der Waals surface area contributed by atoms with Crippen LogP contribution in [0.25, 0.3) is 0 Å². The van der Waals surface area contributed by atoms with Gasteiger partial charge in [0.05, 0.1) is 16.1 Å². The Balaban J connectivity index is 1.57. The molecule has 2 aromatic carbocycles. The molecule has 0 bridgehead atoms. The van der Waals surface area contributed by atoms with Gasteiger partial charge >= 0.3 is 11.9 Å². The Bertz CT molecular complexity index is 960. The highest BCUT2D eigenvalue weighted by Gasteiger charge is 2.12. The second-order valence-corrected chi connectivity index (χ2v) is 5.71. The van der Waals surface area contributed by atoms with Gasteiger partial charge in [-0.3, -0.25) is 0 Å². The number of rotatable bonds is 4. The van der Waals surface area contributed by atoms with Crippen LogP contribution >= 0.6 is 11.6 Å². The van der Waals surface area contributed by atoms with E-state index >= 15 is 0 Å². The molecule has 0 radical (unpaired) electrons. The molecule has 0 aromatic heterocycles. The zero-order valence-electron chi connectivity index (χ0n) is 13.9. The summed E-state index contributed by atoms with van der Waals surface area (Å²) in [7, 11) is 0. The van der Waals surface area contributed by atoms with Gasteiger partial charge in [-0.05, 0) is 48.6 Å². The molecule has 1 aliphatic rings. The van der Waals surface area contributed by atoms with Crippen LogP contribution in [0.5, 0.6) is 0 Å². The van der Waals surface area contributed by atoms with Crippen molar-refractivity contribution in [2.24, 2.45) is 10.3 Å². The summed E-state index contributed by atoms with van der Waals surface area (Å²) >= 11 is 5.93. The Morgan fingerprint density at radius 1 is 0.704 bits per heavy atom. The maximum Gasteiger partial charge on any atom is 0.367 e. The number of allylic oxidation sites excluding steroid dienone is 4. The topological polar surface area (TPSA) is 77.3 Å². The summed E-state index contributed by atoms with van der Waals surface area (Å²) in [5.41, 5.74) is 1.43. The standard InChI is InChI=1S/C20H13ClN2O4/c21-18-9-5-4-8-17(18)20(25)27-23-16-12-10-15(11-13-16)22-26-19(24)14-6-2-1-3-7-14/h1-13H. The van der Waals surface area contributed by atoms with Crippen molar-refractivity contribution in [3.8, 4) is 0 Å². The molecule has 0 amide bonds. The Kier molecular flexibility index (Phi) is 5.91. The molecular formula is C20H13ClN2O4. The van der Waals surface area contributed by atoms with E-state index in [2.05, 4.69) is 10.3 Å². The van der Waals surface area contributed by atoms with E-state index in [4.69, 9.17) is 21.3 Å². The molecule has 134 valence electrons. The van der Waals surface area contributed by atoms with Gasteiger partial charge in [-0.1, -0.05) is 52.2 Å². The maximum absolute atomic E-state index is 11.9. The van der Waals surface area contributed by atoms with Crippen LogP contribution in [0, 0.1) is 0 Å². The smallest absolute Gasteiger partial charge is 0.312 e. The zero-order chi connectivity index (χ0) is 19.1. The van der Waals surface area contributed by atoms with Crippen molar-refractivity contribution in [2.45, 2.75) is 0 Å². The SMILES string of the molecule is O=C(ON=C1C=CC(=NOC(=O)c2ccccc2Cl)C=C1)c1ccccc1. The fraction of sp³-hybridized carbons (Fsp3) is 0. The van der Waals surface area contributed by atoms with E-state index in [1.54, 1.807) is 78.9 Å². The molecule has 0 N–H and O–H groups in total. The van der Waals surface area contributed by atoms with Crippen LogP contribution in [0.15, 0.2) is 89.2 Å². The van der Waals surface area contributed by atoms with Crippen molar-refractivity contribution >= 4 is 35.0 Å².